The Labute approximate surface area is 185 Å². The Hall–Kier alpha value is -3.49. The number of alkyl halides is 2. The van der Waals surface area contributed by atoms with Crippen LogP contribution in [0.2, 0.25) is 0 Å². The molecule has 11 heteroatoms. The van der Waals surface area contributed by atoms with Gasteiger partial charge in [0.2, 0.25) is 0 Å². The molecule has 2 amide bonds. The van der Waals surface area contributed by atoms with Crippen LogP contribution in [0.5, 0.6) is 0 Å². The molecule has 1 aliphatic heterocycles. The van der Waals surface area contributed by atoms with Crippen molar-refractivity contribution in [2.45, 2.75) is 24.4 Å². The third kappa shape index (κ3) is 4.97. The monoisotopic (exact) mass is 465 g/mol. The molecule has 0 saturated carbocycles. The number of amides is 2. The highest BCUT2D eigenvalue weighted by Crippen LogP contribution is 2.35. The highest BCUT2D eigenvalue weighted by atomic mass is 19.3. The van der Waals surface area contributed by atoms with Crippen molar-refractivity contribution in [2.24, 2.45) is 0 Å². The fraction of sp³-hybridized carbons (Fsp3) is 0.318. The third-order valence-electron chi connectivity index (χ3n) is 5.46. The summed E-state index contributed by atoms with van der Waals surface area (Å²) in [5.41, 5.74) is -3.51. The molecule has 1 aliphatic rings. The molecule has 1 fully saturated rings. The first-order valence-electron chi connectivity index (χ1n) is 9.82. The number of likely N-dealkylation sites (tertiary alicyclic amines) is 1. The summed E-state index contributed by atoms with van der Waals surface area (Å²) in [6, 6.07) is 6.83. The molecule has 2 aromatic carbocycles. The predicted octanol–water partition coefficient (Wildman–Crippen LogP) is 2.53. The number of hydrogen-bond acceptors (Lipinski definition) is 5. The molecule has 0 unspecified atom stereocenters. The molecule has 0 spiro atoms. The van der Waals surface area contributed by atoms with Gasteiger partial charge in [-0.1, -0.05) is 0 Å². The molecule has 33 heavy (non-hydrogen) atoms. The number of aliphatic hydroxyl groups is 2. The van der Waals surface area contributed by atoms with Gasteiger partial charge in [0, 0.05) is 24.3 Å². The van der Waals surface area contributed by atoms with E-state index in [2.05, 4.69) is 5.32 Å². The number of piperidine rings is 1. The summed E-state index contributed by atoms with van der Waals surface area (Å²) in [7, 11) is 0. The SMILES string of the molecule is N#Cc1cc(NC(=O)c2ccc(F)c(C(F)(F)C(=O)N3CCC(O)(CO)CC3)c2)ccc1F. The molecule has 3 N–H and O–H groups in total. The van der Waals surface area contributed by atoms with Crippen molar-refractivity contribution in [1.82, 2.24) is 4.90 Å². The second kappa shape index (κ2) is 9.17. The van der Waals surface area contributed by atoms with E-state index in [1.54, 1.807) is 6.07 Å². The maximum atomic E-state index is 14.9. The fourth-order valence-corrected chi connectivity index (χ4v) is 3.40. The van der Waals surface area contributed by atoms with Crippen molar-refractivity contribution in [3.8, 4) is 6.07 Å². The van der Waals surface area contributed by atoms with Gasteiger partial charge < -0.3 is 20.4 Å². The maximum absolute atomic E-state index is 14.9. The van der Waals surface area contributed by atoms with E-state index in [9.17, 15) is 32.3 Å². The standard InChI is InChI=1S/C22H19F4N3O4/c23-17-4-2-15(9-14(17)11-27)28-19(31)13-1-3-18(24)16(10-13)22(25,26)20(32)29-7-5-21(33,12-30)6-8-29/h1-4,9-10,30,33H,5-8,12H2,(H,28,31). The smallest absolute Gasteiger partial charge is 0.352 e. The minimum atomic E-state index is -4.31. The summed E-state index contributed by atoms with van der Waals surface area (Å²) < 4.78 is 57.6. The summed E-state index contributed by atoms with van der Waals surface area (Å²) in [4.78, 5) is 25.7. The van der Waals surface area contributed by atoms with Gasteiger partial charge in [-0.2, -0.15) is 14.0 Å². The minimum Gasteiger partial charge on any atom is -0.393 e. The first kappa shape index (κ1) is 24.2. The molecule has 174 valence electrons. The number of hydrogen-bond donors (Lipinski definition) is 3. The molecule has 1 saturated heterocycles. The lowest BCUT2D eigenvalue weighted by atomic mass is 9.91. The van der Waals surface area contributed by atoms with Gasteiger partial charge in [-0.3, -0.25) is 9.59 Å². The van der Waals surface area contributed by atoms with Crippen LogP contribution in [0.15, 0.2) is 36.4 Å². The van der Waals surface area contributed by atoms with Gasteiger partial charge in [-0.05, 0) is 49.2 Å². The Bertz CT molecular complexity index is 1130. The second-order valence-corrected chi connectivity index (χ2v) is 7.70. The van der Waals surface area contributed by atoms with Crippen LogP contribution in [0, 0.1) is 23.0 Å². The third-order valence-corrected chi connectivity index (χ3v) is 5.46. The number of aliphatic hydroxyl groups excluding tert-OH is 1. The first-order chi connectivity index (χ1) is 15.5. The summed E-state index contributed by atoms with van der Waals surface area (Å²) >= 11 is 0. The van der Waals surface area contributed by atoms with Crippen LogP contribution in [-0.2, 0) is 10.7 Å². The number of nitriles is 1. The molecule has 2 aromatic rings. The van der Waals surface area contributed by atoms with E-state index in [0.29, 0.717) is 12.1 Å². The molecule has 0 aliphatic carbocycles. The molecule has 0 atom stereocenters. The quantitative estimate of drug-likeness (QED) is 0.588. The topological polar surface area (TPSA) is 114 Å². The number of anilines is 1. The normalized spacial score (nSPS) is 15.6. The van der Waals surface area contributed by atoms with Crippen LogP contribution in [0.4, 0.5) is 23.2 Å². The highest BCUT2D eigenvalue weighted by molar-refractivity contribution is 6.04. The first-order valence-corrected chi connectivity index (χ1v) is 9.82. The number of carbonyl (C=O) groups is 2. The van der Waals surface area contributed by atoms with E-state index in [-0.39, 0.29) is 37.2 Å². The van der Waals surface area contributed by atoms with E-state index in [0.717, 1.165) is 29.2 Å². The van der Waals surface area contributed by atoms with Gasteiger partial charge in [0.05, 0.1) is 23.3 Å². The van der Waals surface area contributed by atoms with Crippen LogP contribution in [0.1, 0.15) is 34.3 Å². The number of halogens is 4. The van der Waals surface area contributed by atoms with E-state index in [1.807, 2.05) is 0 Å². The van der Waals surface area contributed by atoms with E-state index in [4.69, 9.17) is 10.4 Å². The van der Waals surface area contributed by atoms with Gasteiger partial charge >= 0.3 is 5.92 Å². The Morgan fingerprint density at radius 1 is 1.12 bits per heavy atom. The maximum Gasteiger partial charge on any atom is 0.352 e. The van der Waals surface area contributed by atoms with Crippen molar-refractivity contribution in [3.63, 3.8) is 0 Å². The van der Waals surface area contributed by atoms with Crippen LogP contribution < -0.4 is 5.32 Å². The molecule has 0 radical (unpaired) electrons. The number of rotatable bonds is 5. The molecule has 1 heterocycles. The van der Waals surface area contributed by atoms with Gasteiger partial charge in [0.25, 0.3) is 11.8 Å². The van der Waals surface area contributed by atoms with Gasteiger partial charge in [0.1, 0.15) is 17.7 Å². The summed E-state index contributed by atoms with van der Waals surface area (Å²) in [5.74, 6) is -9.16. The van der Waals surface area contributed by atoms with Crippen molar-refractivity contribution < 1.29 is 37.4 Å². The second-order valence-electron chi connectivity index (χ2n) is 7.70. The zero-order chi connectivity index (χ0) is 24.4. The Balaban J connectivity index is 1.82. The lowest BCUT2D eigenvalue weighted by Gasteiger charge is -2.38. The predicted molar refractivity (Wildman–Crippen MR) is 107 cm³/mol. The zero-order valence-electron chi connectivity index (χ0n) is 17.1. The Morgan fingerprint density at radius 2 is 1.76 bits per heavy atom. The van der Waals surface area contributed by atoms with Crippen molar-refractivity contribution in [1.29, 1.82) is 5.26 Å². The van der Waals surface area contributed by atoms with Crippen molar-refractivity contribution in [3.05, 3.63) is 64.7 Å². The summed E-state index contributed by atoms with van der Waals surface area (Å²) in [6.45, 7) is -1.11. The average molecular weight is 465 g/mol. The van der Waals surface area contributed by atoms with Crippen LogP contribution in [0.25, 0.3) is 0 Å². The minimum absolute atomic E-state index is 0.0105. The number of benzene rings is 2. The van der Waals surface area contributed by atoms with E-state index >= 15 is 0 Å². The Morgan fingerprint density at radius 3 is 2.36 bits per heavy atom. The van der Waals surface area contributed by atoms with E-state index in [1.165, 1.54) is 0 Å². The lowest BCUT2D eigenvalue weighted by Crippen LogP contribution is -2.52. The van der Waals surface area contributed by atoms with Crippen molar-refractivity contribution >= 4 is 17.5 Å². The summed E-state index contributed by atoms with van der Waals surface area (Å²) in [6.07, 6.45) is -0.253. The van der Waals surface area contributed by atoms with Gasteiger partial charge in [-0.25, -0.2) is 8.78 Å². The molecular weight excluding hydrogens is 446 g/mol. The van der Waals surface area contributed by atoms with Gasteiger partial charge in [-0.15, -0.1) is 0 Å². The van der Waals surface area contributed by atoms with Gasteiger partial charge in [0.15, 0.2) is 0 Å². The summed E-state index contributed by atoms with van der Waals surface area (Å²) in [5, 5.41) is 30.3. The fourth-order valence-electron chi connectivity index (χ4n) is 3.40. The Kier molecular flexibility index (Phi) is 6.71. The molecular formula is C22H19F4N3O4. The lowest BCUT2D eigenvalue weighted by molar-refractivity contribution is -0.164. The zero-order valence-corrected chi connectivity index (χ0v) is 17.1. The number of nitrogens with zero attached hydrogens (tertiary/aromatic N) is 2. The highest BCUT2D eigenvalue weighted by Gasteiger charge is 2.48. The number of carbonyl (C=O) groups excluding carboxylic acids is 2. The van der Waals surface area contributed by atoms with Crippen LogP contribution in [-0.4, -0.2) is 52.2 Å². The van der Waals surface area contributed by atoms with Crippen LogP contribution in [0.3, 0.4) is 0 Å². The van der Waals surface area contributed by atoms with Crippen LogP contribution >= 0.6 is 0 Å². The largest absolute Gasteiger partial charge is 0.393 e. The average Bonchev–Trinajstić information content (AvgIpc) is 2.80. The molecule has 0 bridgehead atoms. The molecule has 0 aromatic heterocycles. The van der Waals surface area contributed by atoms with E-state index < -0.39 is 52.7 Å². The number of nitrogens with one attached hydrogen (secondary N) is 1. The molecule has 3 rings (SSSR count). The van der Waals surface area contributed by atoms with Crippen molar-refractivity contribution in [2.75, 3.05) is 25.0 Å². The molecule has 7 nitrogen and oxygen atoms in total.